The van der Waals surface area contributed by atoms with Crippen LogP contribution in [0.2, 0.25) is 0 Å². The summed E-state index contributed by atoms with van der Waals surface area (Å²) < 4.78 is 4.75. The first-order valence-electron chi connectivity index (χ1n) is 17.8. The number of amides is 3. The quantitative estimate of drug-likeness (QED) is 0.128. The number of H-pyrrole nitrogens is 2. The SMILES string of the molecule is C=C1C[C@@H](c2ncc(-c3ccc(C#Cc4ccc5nc([C@@H]6CC(=C)CN6C(=O)[C@@H](NC(=O)OC)C(C)C)[nH]c5c4)cc3)[nH]2)N(C(=O)[C@@H](C)C(C)C)C1.S.S.S.S. The fourth-order valence-electron chi connectivity index (χ4n) is 6.77. The number of carbonyl (C=O) groups excluding carboxylic acids is 3. The van der Waals surface area contributed by atoms with Crippen LogP contribution in [0.25, 0.3) is 22.3 Å². The van der Waals surface area contributed by atoms with Crippen LogP contribution >= 0.6 is 54.0 Å². The van der Waals surface area contributed by atoms with Crippen molar-refractivity contribution in [2.45, 2.75) is 65.6 Å². The summed E-state index contributed by atoms with van der Waals surface area (Å²) >= 11 is 0. The largest absolute Gasteiger partial charge is 0.453 e. The number of rotatable bonds is 8. The number of alkyl carbamates (subject to hydrolysis) is 1. The second-order valence-electron chi connectivity index (χ2n) is 14.6. The highest BCUT2D eigenvalue weighted by atomic mass is 32.1. The maximum Gasteiger partial charge on any atom is 0.407 e. The number of likely N-dealkylation sites (tertiary alicyclic amines) is 2. The molecule has 0 bridgehead atoms. The number of nitrogens with zero attached hydrogens (tertiary/aromatic N) is 4. The lowest BCUT2D eigenvalue weighted by atomic mass is 9.96. The molecular weight excluding hydrogens is 783 g/mol. The molecule has 4 atom stereocenters. The Kier molecular flexibility index (Phi) is 17.3. The maximum absolute atomic E-state index is 13.6. The van der Waals surface area contributed by atoms with Gasteiger partial charge in [-0.1, -0.05) is 82.9 Å². The van der Waals surface area contributed by atoms with Gasteiger partial charge in [0.25, 0.3) is 0 Å². The molecule has 56 heavy (non-hydrogen) atoms. The number of imidazole rings is 2. The summed E-state index contributed by atoms with van der Waals surface area (Å²) in [5, 5.41) is 2.68. The second kappa shape index (κ2) is 20.3. The Morgan fingerprint density at radius 2 is 1.38 bits per heavy atom. The van der Waals surface area contributed by atoms with Gasteiger partial charge in [-0.25, -0.2) is 14.8 Å². The van der Waals surface area contributed by atoms with E-state index < -0.39 is 12.1 Å². The molecule has 11 nitrogen and oxygen atoms in total. The smallest absolute Gasteiger partial charge is 0.407 e. The predicted molar refractivity (Wildman–Crippen MR) is 242 cm³/mol. The number of nitrogens with one attached hydrogen (secondary N) is 3. The van der Waals surface area contributed by atoms with Crippen molar-refractivity contribution in [2.24, 2.45) is 17.8 Å². The molecule has 2 aromatic heterocycles. The summed E-state index contributed by atoms with van der Waals surface area (Å²) in [4.78, 5) is 58.8. The topological polar surface area (TPSA) is 136 Å². The Balaban J connectivity index is 0.00000271. The van der Waals surface area contributed by atoms with Crippen molar-refractivity contribution in [3.8, 4) is 23.1 Å². The third-order valence-corrected chi connectivity index (χ3v) is 10.1. The minimum Gasteiger partial charge on any atom is -0.453 e. The Bertz CT molecular complexity index is 2100. The first-order chi connectivity index (χ1) is 24.8. The average molecular weight is 838 g/mol. The molecule has 0 saturated carbocycles. The van der Waals surface area contributed by atoms with Crippen molar-refractivity contribution in [3.63, 3.8) is 0 Å². The summed E-state index contributed by atoms with van der Waals surface area (Å²) in [6, 6.07) is 12.6. The van der Waals surface area contributed by atoms with Gasteiger partial charge in [-0.15, -0.1) is 0 Å². The van der Waals surface area contributed by atoms with Crippen LogP contribution in [0.15, 0.2) is 73.0 Å². The van der Waals surface area contributed by atoms with Crippen LogP contribution in [0.1, 0.15) is 82.3 Å². The van der Waals surface area contributed by atoms with Gasteiger partial charge < -0.3 is 29.8 Å². The third-order valence-electron chi connectivity index (χ3n) is 10.1. The van der Waals surface area contributed by atoms with Gasteiger partial charge in [-0.05, 0) is 60.6 Å². The van der Waals surface area contributed by atoms with Gasteiger partial charge in [0.15, 0.2) is 0 Å². The van der Waals surface area contributed by atoms with Crippen molar-refractivity contribution in [1.29, 1.82) is 0 Å². The maximum atomic E-state index is 13.6. The van der Waals surface area contributed by atoms with Gasteiger partial charge in [-0.2, -0.15) is 54.0 Å². The molecule has 6 rings (SSSR count). The van der Waals surface area contributed by atoms with E-state index in [9.17, 15) is 14.4 Å². The average Bonchev–Trinajstić information content (AvgIpc) is 3.94. The fourth-order valence-corrected chi connectivity index (χ4v) is 6.77. The van der Waals surface area contributed by atoms with Crippen LogP contribution < -0.4 is 5.32 Å². The van der Waals surface area contributed by atoms with Gasteiger partial charge in [0.2, 0.25) is 11.8 Å². The van der Waals surface area contributed by atoms with E-state index >= 15 is 0 Å². The van der Waals surface area contributed by atoms with E-state index in [0.29, 0.717) is 31.8 Å². The highest BCUT2D eigenvalue weighted by molar-refractivity contribution is 7.59. The minimum atomic E-state index is -0.739. The zero-order valence-corrected chi connectivity index (χ0v) is 36.7. The Morgan fingerprint density at radius 3 is 1.96 bits per heavy atom. The number of methoxy groups -OCH3 is 1. The highest BCUT2D eigenvalue weighted by Crippen LogP contribution is 2.37. The number of aromatic amines is 2. The summed E-state index contributed by atoms with van der Waals surface area (Å²) in [5.74, 6) is 7.92. The van der Waals surface area contributed by atoms with Crippen LogP contribution in [0.4, 0.5) is 4.79 Å². The van der Waals surface area contributed by atoms with Crippen molar-refractivity contribution >= 4 is 82.9 Å². The van der Waals surface area contributed by atoms with Gasteiger partial charge in [0, 0.05) is 30.1 Å². The molecular formula is C41H55N7O4S4. The van der Waals surface area contributed by atoms with Crippen LogP contribution in [0, 0.1) is 29.6 Å². The number of ether oxygens (including phenoxy) is 1. The van der Waals surface area contributed by atoms with Crippen LogP contribution in [0.3, 0.4) is 0 Å². The van der Waals surface area contributed by atoms with E-state index in [-0.39, 0.29) is 95.6 Å². The molecule has 2 fully saturated rings. The second-order valence-corrected chi connectivity index (χ2v) is 14.6. The van der Waals surface area contributed by atoms with Crippen LogP contribution in [-0.2, 0) is 14.3 Å². The van der Waals surface area contributed by atoms with Gasteiger partial charge in [-0.3, -0.25) is 9.59 Å². The van der Waals surface area contributed by atoms with Crippen molar-refractivity contribution in [1.82, 2.24) is 35.1 Å². The Labute approximate surface area is 357 Å². The molecule has 0 aliphatic carbocycles. The normalized spacial score (nSPS) is 17.2. The van der Waals surface area contributed by atoms with Crippen LogP contribution in [0.5, 0.6) is 0 Å². The summed E-state index contributed by atoms with van der Waals surface area (Å²) in [6.45, 7) is 19.1. The number of carbonyl (C=O) groups is 3. The zero-order valence-electron chi connectivity index (χ0n) is 32.7. The summed E-state index contributed by atoms with van der Waals surface area (Å²) in [5.41, 5.74) is 7.07. The van der Waals surface area contributed by atoms with Crippen molar-refractivity contribution in [2.75, 3.05) is 20.2 Å². The van der Waals surface area contributed by atoms with Gasteiger partial charge >= 0.3 is 6.09 Å². The first kappa shape index (κ1) is 47.9. The molecule has 2 aliphatic heterocycles. The van der Waals surface area contributed by atoms with Gasteiger partial charge in [0.1, 0.15) is 17.7 Å². The molecule has 302 valence electrons. The van der Waals surface area contributed by atoms with Crippen molar-refractivity contribution in [3.05, 3.63) is 95.7 Å². The van der Waals surface area contributed by atoms with E-state index in [0.717, 1.165) is 50.4 Å². The third kappa shape index (κ3) is 10.4. The number of hydrogen-bond donors (Lipinski definition) is 3. The highest BCUT2D eigenvalue weighted by Gasteiger charge is 2.39. The summed E-state index contributed by atoms with van der Waals surface area (Å²) in [7, 11) is 1.28. The van der Waals surface area contributed by atoms with E-state index in [1.807, 2.05) is 74.3 Å². The predicted octanol–water partition coefficient (Wildman–Crippen LogP) is 7.14. The lowest BCUT2D eigenvalue weighted by Gasteiger charge is -2.29. The Hall–Kier alpha value is -4.23. The molecule has 3 N–H and O–H groups in total. The van der Waals surface area contributed by atoms with E-state index in [1.54, 1.807) is 4.90 Å². The molecule has 4 heterocycles. The molecule has 2 aliphatic rings. The summed E-state index contributed by atoms with van der Waals surface area (Å²) in [6.07, 6.45) is 2.44. The van der Waals surface area contributed by atoms with Crippen molar-refractivity contribution < 1.29 is 19.1 Å². The molecule has 15 heteroatoms. The molecule has 4 aromatic rings. The molecule has 0 radical (unpaired) electrons. The number of benzene rings is 2. The molecule has 0 unspecified atom stereocenters. The lowest BCUT2D eigenvalue weighted by molar-refractivity contribution is -0.137. The number of aromatic nitrogens is 4. The monoisotopic (exact) mass is 837 g/mol. The Morgan fingerprint density at radius 1 is 0.804 bits per heavy atom. The van der Waals surface area contributed by atoms with E-state index in [4.69, 9.17) is 9.72 Å². The number of fused-ring (bicyclic) bond motifs is 1. The molecule has 3 amide bonds. The molecule has 0 spiro atoms. The minimum absolute atomic E-state index is 0. The first-order valence-corrected chi connectivity index (χ1v) is 17.8. The number of hydrogen-bond acceptors (Lipinski definition) is 6. The standard InChI is InChI=1S/C41H47N7O4.4H2S/c1-23(2)27(7)39(49)47-21-25(5)17-34(47)37-42-20-33(45-37)30-14-11-28(12-15-30)9-10-29-13-16-31-32(19-29)44-38(43-31)35-18-26(6)22-48(35)40(50)36(24(3)4)46-41(51)52-8;;;;/h11-16,19-20,23-24,27,34-36H,5-6,17-18,21-22H2,1-4,7-8H3,(H,42,45)(H,43,44)(H,46,51);4*1H2/t27-,34-,35-,36-;;;;/m0..../s1. The lowest BCUT2D eigenvalue weighted by Crippen LogP contribution is -2.51. The zero-order chi connectivity index (χ0) is 37.3. The molecule has 2 aromatic carbocycles. The van der Waals surface area contributed by atoms with Gasteiger partial charge in [0.05, 0.1) is 42.1 Å². The van der Waals surface area contributed by atoms with Crippen LogP contribution in [-0.4, -0.2) is 73.9 Å². The van der Waals surface area contributed by atoms with E-state index in [1.165, 1.54) is 7.11 Å². The molecule has 2 saturated heterocycles. The fraction of sp³-hybridized carbons (Fsp3) is 0.390. The van der Waals surface area contributed by atoms with E-state index in [2.05, 4.69) is 59.1 Å².